The fourth-order valence-electron chi connectivity index (χ4n) is 4.56. The van der Waals surface area contributed by atoms with Gasteiger partial charge in [-0.2, -0.15) is 0 Å². The van der Waals surface area contributed by atoms with Crippen molar-refractivity contribution >= 4 is 52.2 Å². The summed E-state index contributed by atoms with van der Waals surface area (Å²) in [7, 11) is 2.06. The molecule has 184 valence electrons. The summed E-state index contributed by atoms with van der Waals surface area (Å²) < 4.78 is 2.13. The predicted octanol–water partition coefficient (Wildman–Crippen LogP) is 4.74. The first-order valence-electron chi connectivity index (χ1n) is 12.2. The van der Waals surface area contributed by atoms with E-state index < -0.39 is 17.8 Å². The summed E-state index contributed by atoms with van der Waals surface area (Å²) in [6.45, 7) is 0.826. The molecule has 3 heterocycles. The molecule has 0 radical (unpaired) electrons. The fourth-order valence-corrected chi connectivity index (χ4v) is 5.70. The van der Waals surface area contributed by atoms with E-state index in [9.17, 15) is 14.4 Å². The molecule has 2 aliphatic heterocycles. The van der Waals surface area contributed by atoms with E-state index in [2.05, 4.69) is 83.4 Å². The first-order valence-corrected chi connectivity index (χ1v) is 13.0. The van der Waals surface area contributed by atoms with Gasteiger partial charge in [0.25, 0.3) is 11.8 Å². The number of carbonyl (C=O) groups excluding carboxylic acids is 3. The Hall–Kier alpha value is -3.65. The van der Waals surface area contributed by atoms with Crippen LogP contribution in [-0.4, -0.2) is 29.4 Å². The molecule has 0 atom stereocenters. The van der Waals surface area contributed by atoms with Crippen LogP contribution in [-0.2, 0) is 26.3 Å². The minimum absolute atomic E-state index is 0.106. The van der Waals surface area contributed by atoms with Crippen molar-refractivity contribution in [3.63, 3.8) is 0 Å². The summed E-state index contributed by atoms with van der Waals surface area (Å²) in [6.07, 6.45) is 7.10. The molecule has 0 saturated carbocycles. The molecule has 8 heteroatoms. The lowest BCUT2D eigenvalue weighted by atomic mass is 10.1. The highest BCUT2D eigenvalue weighted by Gasteiger charge is 2.32. The molecule has 1 aromatic heterocycles. The quantitative estimate of drug-likeness (QED) is 0.252. The molecule has 0 spiro atoms. The van der Waals surface area contributed by atoms with Gasteiger partial charge in [-0.3, -0.25) is 9.59 Å². The second-order valence-electron chi connectivity index (χ2n) is 8.96. The summed E-state index contributed by atoms with van der Waals surface area (Å²) in [5, 5.41) is 3.01. The number of hydrogen-bond donors (Lipinski definition) is 0. The Bertz CT molecular complexity index is 1350. The van der Waals surface area contributed by atoms with E-state index in [-0.39, 0.29) is 19.3 Å². The van der Waals surface area contributed by atoms with E-state index in [1.54, 1.807) is 11.8 Å². The number of anilines is 1. The number of benzene rings is 2. The Labute approximate surface area is 214 Å². The highest BCUT2D eigenvalue weighted by molar-refractivity contribution is 8.03. The number of hydroxylamine groups is 2. The molecule has 2 amide bonds. The summed E-state index contributed by atoms with van der Waals surface area (Å²) in [4.78, 5) is 43.8. The fraction of sp³-hybridized carbons (Fsp3) is 0.286. The number of pyridine rings is 1. The maximum atomic E-state index is 12.1. The number of unbranched alkanes of at least 4 members (excludes halogenated alkanes) is 2. The number of aryl methyl sites for hydroxylation is 1. The maximum Gasteiger partial charge on any atom is 0.333 e. The molecule has 1 saturated heterocycles. The lowest BCUT2D eigenvalue weighted by Crippen LogP contribution is -2.31. The second kappa shape index (κ2) is 10.5. The van der Waals surface area contributed by atoms with Crippen LogP contribution in [0.25, 0.3) is 17.0 Å². The molecule has 36 heavy (non-hydrogen) atoms. The third kappa shape index (κ3) is 4.99. The molecular weight excluding hydrogens is 474 g/mol. The van der Waals surface area contributed by atoms with Gasteiger partial charge in [0.15, 0.2) is 6.20 Å². The number of fused-ring (bicyclic) bond motifs is 2. The lowest BCUT2D eigenvalue weighted by molar-refractivity contribution is -0.644. The van der Waals surface area contributed by atoms with Crippen molar-refractivity contribution in [1.82, 2.24) is 5.06 Å². The van der Waals surface area contributed by atoms with Gasteiger partial charge in [-0.15, -0.1) is 5.06 Å². The van der Waals surface area contributed by atoms with Crippen molar-refractivity contribution in [1.29, 1.82) is 0 Å². The Morgan fingerprint density at radius 1 is 1.00 bits per heavy atom. The van der Waals surface area contributed by atoms with E-state index in [4.69, 9.17) is 4.84 Å². The van der Waals surface area contributed by atoms with Crippen molar-refractivity contribution in [3.8, 4) is 0 Å². The molecule has 2 aliphatic rings. The van der Waals surface area contributed by atoms with E-state index in [1.165, 1.54) is 32.1 Å². The Kier molecular flexibility index (Phi) is 7.04. The number of amides is 2. The molecule has 5 rings (SSSR count). The second-order valence-corrected chi connectivity index (χ2v) is 10.0. The van der Waals surface area contributed by atoms with Crippen LogP contribution < -0.4 is 9.47 Å². The largest absolute Gasteiger partial charge is 0.335 e. The number of aromatic nitrogens is 1. The molecule has 0 N–H and O–H groups in total. The van der Waals surface area contributed by atoms with Crippen LogP contribution in [0, 0.1) is 0 Å². The number of imide groups is 1. The first-order chi connectivity index (χ1) is 17.5. The van der Waals surface area contributed by atoms with Gasteiger partial charge in [0.05, 0.1) is 16.1 Å². The topological polar surface area (TPSA) is 70.8 Å². The van der Waals surface area contributed by atoms with Crippen LogP contribution >= 0.6 is 11.8 Å². The molecular formula is C28H28N3O4S+. The summed E-state index contributed by atoms with van der Waals surface area (Å²) in [5.41, 5.74) is 3.56. The molecule has 0 bridgehead atoms. The van der Waals surface area contributed by atoms with E-state index >= 15 is 0 Å². The minimum Gasteiger partial charge on any atom is -0.335 e. The summed E-state index contributed by atoms with van der Waals surface area (Å²) >= 11 is 1.78. The van der Waals surface area contributed by atoms with Crippen molar-refractivity contribution in [2.45, 2.75) is 43.4 Å². The van der Waals surface area contributed by atoms with Crippen molar-refractivity contribution < 1.29 is 23.8 Å². The molecule has 0 aliphatic carbocycles. The van der Waals surface area contributed by atoms with Crippen LogP contribution in [0.3, 0.4) is 0 Å². The highest BCUT2D eigenvalue weighted by atomic mass is 32.2. The molecule has 3 aromatic rings. The van der Waals surface area contributed by atoms with Gasteiger partial charge >= 0.3 is 5.97 Å². The van der Waals surface area contributed by atoms with Gasteiger partial charge in [0.2, 0.25) is 5.52 Å². The van der Waals surface area contributed by atoms with Crippen LogP contribution in [0.4, 0.5) is 5.69 Å². The zero-order chi connectivity index (χ0) is 25.1. The Morgan fingerprint density at radius 3 is 2.58 bits per heavy atom. The maximum absolute atomic E-state index is 12.1. The third-order valence-electron chi connectivity index (χ3n) is 6.45. The number of nitrogens with zero attached hydrogens (tertiary/aromatic N) is 3. The normalized spacial score (nSPS) is 16.3. The van der Waals surface area contributed by atoms with Crippen molar-refractivity contribution in [3.05, 3.63) is 71.4 Å². The van der Waals surface area contributed by atoms with Crippen LogP contribution in [0.5, 0.6) is 0 Å². The van der Waals surface area contributed by atoms with Gasteiger partial charge < -0.3 is 9.74 Å². The Balaban J connectivity index is 1.24. The SMILES string of the molecule is C[n+]1ccc(/C=C2/Sc3ccccc3N2CCCCCC(=O)ON2C(=O)CCC2=O)c2ccccc21. The Morgan fingerprint density at radius 2 is 1.75 bits per heavy atom. The van der Waals surface area contributed by atoms with E-state index in [1.807, 2.05) is 0 Å². The zero-order valence-electron chi connectivity index (χ0n) is 20.2. The zero-order valence-corrected chi connectivity index (χ0v) is 21.0. The van der Waals surface area contributed by atoms with Crippen LogP contribution in [0.2, 0.25) is 0 Å². The van der Waals surface area contributed by atoms with E-state index in [0.29, 0.717) is 11.5 Å². The standard InChI is InChI=1S/C28H28N3O4S/c1-29-18-16-20(21-9-4-5-10-22(21)29)19-27-30(23-11-6-7-12-24(23)36-27)17-8-2-3-13-28(34)35-31-25(32)14-15-26(31)33/h4-7,9-12,16,18-19H,2-3,8,13-15,17H2,1H3/q+1. The van der Waals surface area contributed by atoms with Crippen LogP contribution in [0.1, 0.15) is 44.1 Å². The van der Waals surface area contributed by atoms with Gasteiger partial charge in [-0.1, -0.05) is 42.4 Å². The van der Waals surface area contributed by atoms with E-state index in [0.717, 1.165) is 19.4 Å². The van der Waals surface area contributed by atoms with Gasteiger partial charge in [0, 0.05) is 42.8 Å². The summed E-state index contributed by atoms with van der Waals surface area (Å²) in [6, 6.07) is 19.0. The average molecular weight is 503 g/mol. The molecule has 2 aromatic carbocycles. The number of rotatable bonds is 8. The molecule has 0 unspecified atom stereocenters. The minimum atomic E-state index is -0.537. The van der Waals surface area contributed by atoms with Gasteiger partial charge in [-0.05, 0) is 42.7 Å². The number of hydrogen-bond acceptors (Lipinski definition) is 6. The average Bonchev–Trinajstić information content (AvgIpc) is 3.39. The van der Waals surface area contributed by atoms with Crippen molar-refractivity contribution in [2.24, 2.45) is 7.05 Å². The van der Waals surface area contributed by atoms with Crippen LogP contribution in [0.15, 0.2) is 70.7 Å². The first kappa shape index (κ1) is 24.1. The lowest BCUT2D eigenvalue weighted by Gasteiger charge is -2.20. The highest BCUT2D eigenvalue weighted by Crippen LogP contribution is 2.46. The molecule has 7 nitrogen and oxygen atoms in total. The third-order valence-corrected chi connectivity index (χ3v) is 7.56. The predicted molar refractivity (Wildman–Crippen MR) is 138 cm³/mol. The van der Waals surface area contributed by atoms with Gasteiger partial charge in [0.1, 0.15) is 7.05 Å². The number of carbonyl (C=O) groups is 3. The van der Waals surface area contributed by atoms with Gasteiger partial charge in [-0.25, -0.2) is 9.36 Å². The smallest absolute Gasteiger partial charge is 0.333 e. The number of para-hydroxylation sites is 2. The number of thioether (sulfide) groups is 1. The molecule has 1 fully saturated rings. The van der Waals surface area contributed by atoms with Crippen molar-refractivity contribution in [2.75, 3.05) is 11.4 Å². The monoisotopic (exact) mass is 502 g/mol. The summed E-state index contributed by atoms with van der Waals surface area (Å²) in [5.74, 6) is -1.43.